The third-order valence-electron chi connectivity index (χ3n) is 3.20. The van der Waals surface area contributed by atoms with Crippen molar-refractivity contribution in [2.45, 2.75) is 13.5 Å². The number of rotatable bonds is 3. The molecule has 3 aromatic rings. The highest BCUT2D eigenvalue weighted by Crippen LogP contribution is 2.32. The third-order valence-corrected chi connectivity index (χ3v) is 3.20. The first-order valence-corrected chi connectivity index (χ1v) is 6.47. The Balaban J connectivity index is 1.99. The standard InChI is InChI=1S/C16H15N3O/c1-12-15(13-7-3-2-4-8-13)16(20)19(18-12)11-14-9-5-6-10-17-14/h2-10,20H,11H2,1H3. The molecule has 0 radical (unpaired) electrons. The fourth-order valence-electron chi connectivity index (χ4n) is 2.27. The smallest absolute Gasteiger partial charge is 0.218 e. The first-order valence-electron chi connectivity index (χ1n) is 6.47. The van der Waals surface area contributed by atoms with Crippen LogP contribution in [0, 0.1) is 6.92 Å². The molecule has 2 heterocycles. The van der Waals surface area contributed by atoms with Gasteiger partial charge in [0.2, 0.25) is 5.88 Å². The molecule has 0 aliphatic carbocycles. The second kappa shape index (κ2) is 5.17. The number of hydrogen-bond acceptors (Lipinski definition) is 3. The summed E-state index contributed by atoms with van der Waals surface area (Å²) in [5.41, 5.74) is 3.42. The van der Waals surface area contributed by atoms with Gasteiger partial charge in [-0.2, -0.15) is 5.10 Å². The minimum Gasteiger partial charge on any atom is -0.493 e. The van der Waals surface area contributed by atoms with Crippen molar-refractivity contribution in [1.82, 2.24) is 14.8 Å². The van der Waals surface area contributed by atoms with Gasteiger partial charge in [0, 0.05) is 6.20 Å². The van der Waals surface area contributed by atoms with E-state index in [4.69, 9.17) is 0 Å². The zero-order chi connectivity index (χ0) is 13.9. The molecule has 0 fully saturated rings. The lowest BCUT2D eigenvalue weighted by atomic mass is 10.1. The number of aryl methyl sites for hydroxylation is 1. The second-order valence-corrected chi connectivity index (χ2v) is 4.63. The lowest BCUT2D eigenvalue weighted by Crippen LogP contribution is -2.02. The van der Waals surface area contributed by atoms with Crippen molar-refractivity contribution in [1.29, 1.82) is 0 Å². The quantitative estimate of drug-likeness (QED) is 0.792. The number of aromatic hydroxyl groups is 1. The number of pyridine rings is 1. The predicted octanol–water partition coefficient (Wildman–Crippen LogP) is 3.01. The molecule has 0 amide bonds. The lowest BCUT2D eigenvalue weighted by molar-refractivity contribution is 0.409. The second-order valence-electron chi connectivity index (χ2n) is 4.63. The molecule has 0 saturated heterocycles. The van der Waals surface area contributed by atoms with Gasteiger partial charge in [-0.25, -0.2) is 4.68 Å². The van der Waals surface area contributed by atoms with Gasteiger partial charge in [0.15, 0.2) is 0 Å². The summed E-state index contributed by atoms with van der Waals surface area (Å²) in [5.74, 6) is 0.180. The van der Waals surface area contributed by atoms with Gasteiger partial charge >= 0.3 is 0 Å². The molecule has 0 aliphatic rings. The van der Waals surface area contributed by atoms with E-state index >= 15 is 0 Å². The number of nitrogens with zero attached hydrogens (tertiary/aromatic N) is 3. The van der Waals surface area contributed by atoms with Gasteiger partial charge in [-0.3, -0.25) is 4.98 Å². The Morgan fingerprint density at radius 1 is 1.05 bits per heavy atom. The van der Waals surface area contributed by atoms with Crippen molar-refractivity contribution in [2.24, 2.45) is 0 Å². The maximum atomic E-state index is 10.4. The van der Waals surface area contributed by atoms with Crippen LogP contribution in [0.15, 0.2) is 54.7 Å². The molecule has 1 N–H and O–H groups in total. The van der Waals surface area contributed by atoms with Gasteiger partial charge in [-0.05, 0) is 24.6 Å². The highest BCUT2D eigenvalue weighted by atomic mass is 16.3. The van der Waals surface area contributed by atoms with Crippen molar-refractivity contribution in [3.8, 4) is 17.0 Å². The Morgan fingerprint density at radius 3 is 2.50 bits per heavy atom. The zero-order valence-corrected chi connectivity index (χ0v) is 11.2. The van der Waals surface area contributed by atoms with E-state index in [1.165, 1.54) is 0 Å². The van der Waals surface area contributed by atoms with E-state index in [1.807, 2.05) is 55.5 Å². The van der Waals surface area contributed by atoms with Crippen LogP contribution in [0.4, 0.5) is 0 Å². The normalized spacial score (nSPS) is 10.7. The van der Waals surface area contributed by atoms with Crippen LogP contribution in [-0.2, 0) is 6.54 Å². The van der Waals surface area contributed by atoms with Crippen LogP contribution >= 0.6 is 0 Å². The maximum absolute atomic E-state index is 10.4. The molecule has 0 unspecified atom stereocenters. The van der Waals surface area contributed by atoms with Crippen molar-refractivity contribution < 1.29 is 5.11 Å². The number of hydrogen-bond donors (Lipinski definition) is 1. The Hall–Kier alpha value is -2.62. The molecular weight excluding hydrogens is 250 g/mol. The molecule has 3 rings (SSSR count). The van der Waals surface area contributed by atoms with E-state index < -0.39 is 0 Å². The first-order chi connectivity index (χ1) is 9.75. The Morgan fingerprint density at radius 2 is 1.80 bits per heavy atom. The lowest BCUT2D eigenvalue weighted by Gasteiger charge is -2.03. The summed E-state index contributed by atoms with van der Waals surface area (Å²) >= 11 is 0. The summed E-state index contributed by atoms with van der Waals surface area (Å²) < 4.78 is 1.58. The zero-order valence-electron chi connectivity index (χ0n) is 11.2. The summed E-state index contributed by atoms with van der Waals surface area (Å²) in [6.07, 6.45) is 1.74. The number of aromatic nitrogens is 3. The molecule has 1 aromatic carbocycles. The fourth-order valence-corrected chi connectivity index (χ4v) is 2.27. The molecule has 4 heteroatoms. The van der Waals surface area contributed by atoms with E-state index in [-0.39, 0.29) is 5.88 Å². The minimum absolute atomic E-state index is 0.180. The summed E-state index contributed by atoms with van der Waals surface area (Å²) in [6.45, 7) is 2.36. The van der Waals surface area contributed by atoms with Gasteiger partial charge in [0.05, 0.1) is 23.5 Å². The number of benzene rings is 1. The van der Waals surface area contributed by atoms with E-state index in [2.05, 4.69) is 10.1 Å². The van der Waals surface area contributed by atoms with Crippen molar-refractivity contribution in [3.05, 3.63) is 66.1 Å². The SMILES string of the molecule is Cc1nn(Cc2ccccn2)c(O)c1-c1ccccc1. The van der Waals surface area contributed by atoms with Crippen LogP contribution in [0.1, 0.15) is 11.4 Å². The van der Waals surface area contributed by atoms with Crippen LogP contribution in [-0.4, -0.2) is 19.9 Å². The minimum atomic E-state index is 0.180. The van der Waals surface area contributed by atoms with Crippen molar-refractivity contribution >= 4 is 0 Å². The van der Waals surface area contributed by atoms with Crippen LogP contribution in [0.5, 0.6) is 5.88 Å². The molecular formula is C16H15N3O. The van der Waals surface area contributed by atoms with Gasteiger partial charge in [0.25, 0.3) is 0 Å². The van der Waals surface area contributed by atoms with Crippen molar-refractivity contribution in [3.63, 3.8) is 0 Å². The van der Waals surface area contributed by atoms with Gasteiger partial charge < -0.3 is 5.11 Å². The molecule has 0 aliphatic heterocycles. The third kappa shape index (κ3) is 2.28. The van der Waals surface area contributed by atoms with Crippen LogP contribution in [0.2, 0.25) is 0 Å². The Bertz CT molecular complexity index is 705. The van der Waals surface area contributed by atoms with Crippen LogP contribution < -0.4 is 0 Å². The molecule has 0 bridgehead atoms. The molecule has 0 atom stereocenters. The molecule has 4 nitrogen and oxygen atoms in total. The largest absolute Gasteiger partial charge is 0.493 e. The van der Waals surface area contributed by atoms with Crippen LogP contribution in [0.3, 0.4) is 0 Å². The monoisotopic (exact) mass is 265 g/mol. The van der Waals surface area contributed by atoms with E-state index in [9.17, 15) is 5.11 Å². The summed E-state index contributed by atoms with van der Waals surface area (Å²) in [4.78, 5) is 4.25. The Labute approximate surface area is 117 Å². The van der Waals surface area contributed by atoms with Crippen molar-refractivity contribution in [2.75, 3.05) is 0 Å². The molecule has 0 spiro atoms. The van der Waals surface area contributed by atoms with E-state index in [0.29, 0.717) is 6.54 Å². The molecule has 0 saturated carbocycles. The Kier molecular flexibility index (Phi) is 3.21. The van der Waals surface area contributed by atoms with Gasteiger partial charge in [-0.1, -0.05) is 36.4 Å². The highest BCUT2D eigenvalue weighted by molar-refractivity contribution is 5.70. The molecule has 2 aromatic heterocycles. The molecule has 20 heavy (non-hydrogen) atoms. The van der Waals surface area contributed by atoms with Gasteiger partial charge in [0.1, 0.15) is 0 Å². The summed E-state index contributed by atoms with van der Waals surface area (Å²) in [6, 6.07) is 15.5. The average Bonchev–Trinajstić information content (AvgIpc) is 2.75. The first kappa shape index (κ1) is 12.4. The topological polar surface area (TPSA) is 50.9 Å². The van der Waals surface area contributed by atoms with E-state index in [1.54, 1.807) is 10.9 Å². The predicted molar refractivity (Wildman–Crippen MR) is 77.4 cm³/mol. The fraction of sp³-hybridized carbons (Fsp3) is 0.125. The summed E-state index contributed by atoms with van der Waals surface area (Å²) in [7, 11) is 0. The summed E-state index contributed by atoms with van der Waals surface area (Å²) in [5, 5.41) is 14.8. The van der Waals surface area contributed by atoms with E-state index in [0.717, 1.165) is 22.5 Å². The van der Waals surface area contributed by atoms with Crippen LogP contribution in [0.25, 0.3) is 11.1 Å². The van der Waals surface area contributed by atoms with Gasteiger partial charge in [-0.15, -0.1) is 0 Å². The highest BCUT2D eigenvalue weighted by Gasteiger charge is 2.16. The average molecular weight is 265 g/mol. The maximum Gasteiger partial charge on any atom is 0.218 e. The molecule has 100 valence electrons.